The number of fused-ring (bicyclic) bond motifs is 1. The van der Waals surface area contributed by atoms with Gasteiger partial charge in [0.25, 0.3) is 5.56 Å². The second kappa shape index (κ2) is 11.7. The summed E-state index contributed by atoms with van der Waals surface area (Å²) in [4.78, 5) is 57.3. The van der Waals surface area contributed by atoms with E-state index in [-0.39, 0.29) is 42.4 Å². The van der Waals surface area contributed by atoms with Crippen LogP contribution in [0, 0.1) is 0 Å². The van der Waals surface area contributed by atoms with Crippen LogP contribution in [0.5, 0.6) is 0 Å². The molecule has 0 saturated carbocycles. The first-order valence-electron chi connectivity index (χ1n) is 13.0. The van der Waals surface area contributed by atoms with Crippen molar-refractivity contribution in [3.63, 3.8) is 0 Å². The van der Waals surface area contributed by atoms with Crippen LogP contribution in [-0.4, -0.2) is 76.7 Å². The fourth-order valence-electron chi connectivity index (χ4n) is 5.07. The highest BCUT2D eigenvalue weighted by atomic mass is 16.6. The molecule has 2 aliphatic rings. The molecular formula is C26H36N6O5. The molecule has 0 spiro atoms. The zero-order valence-corrected chi connectivity index (χ0v) is 21.5. The van der Waals surface area contributed by atoms with Crippen molar-refractivity contribution in [2.24, 2.45) is 7.05 Å². The maximum atomic E-state index is 13.4. The minimum Gasteiger partial charge on any atom is -0.450 e. The summed E-state index contributed by atoms with van der Waals surface area (Å²) in [5.74, 6) is -0.483. The van der Waals surface area contributed by atoms with Gasteiger partial charge in [0.1, 0.15) is 11.2 Å². The van der Waals surface area contributed by atoms with Crippen molar-refractivity contribution < 1.29 is 19.1 Å². The van der Waals surface area contributed by atoms with Gasteiger partial charge in [0.05, 0.1) is 17.6 Å². The molecule has 0 bridgehead atoms. The van der Waals surface area contributed by atoms with Crippen molar-refractivity contribution in [1.29, 1.82) is 0 Å². The largest absolute Gasteiger partial charge is 0.450 e. The lowest BCUT2D eigenvalue weighted by Gasteiger charge is -2.39. The van der Waals surface area contributed by atoms with Crippen LogP contribution >= 0.6 is 0 Å². The Kier molecular flexibility index (Phi) is 8.42. The molecule has 2 aromatic rings. The minimum atomic E-state index is -1.01. The van der Waals surface area contributed by atoms with Crippen molar-refractivity contribution in [3.05, 3.63) is 40.3 Å². The number of hydrogen-bond acceptors (Lipinski definition) is 7. The molecule has 4 rings (SSSR count). The van der Waals surface area contributed by atoms with Crippen molar-refractivity contribution >= 4 is 28.9 Å². The molecular weight excluding hydrogens is 476 g/mol. The van der Waals surface area contributed by atoms with E-state index in [1.54, 1.807) is 23.4 Å². The number of para-hydroxylation sites is 2. The Hall–Kier alpha value is -3.47. The lowest BCUT2D eigenvalue weighted by molar-refractivity contribution is -0.135. The van der Waals surface area contributed by atoms with E-state index in [2.05, 4.69) is 20.9 Å². The van der Waals surface area contributed by atoms with Crippen LogP contribution in [0.1, 0.15) is 44.7 Å². The van der Waals surface area contributed by atoms with E-state index in [4.69, 9.17) is 4.74 Å². The van der Waals surface area contributed by atoms with E-state index in [0.717, 1.165) is 5.52 Å². The number of nitrogens with zero attached hydrogens (tertiary/aromatic N) is 3. The first-order chi connectivity index (χ1) is 17.8. The highest BCUT2D eigenvalue weighted by molar-refractivity contribution is 5.92. The Morgan fingerprint density at radius 3 is 2.57 bits per heavy atom. The summed E-state index contributed by atoms with van der Waals surface area (Å²) in [7, 11) is 1.70. The molecule has 1 aromatic carbocycles. The van der Waals surface area contributed by atoms with E-state index in [9.17, 15) is 19.2 Å². The molecule has 0 unspecified atom stereocenters. The van der Waals surface area contributed by atoms with Crippen LogP contribution in [0.3, 0.4) is 0 Å². The van der Waals surface area contributed by atoms with Gasteiger partial charge in [0, 0.05) is 39.0 Å². The number of hydrogen-bond donors (Lipinski definition) is 3. The fraction of sp³-hybridized carbons (Fsp3) is 0.577. The van der Waals surface area contributed by atoms with Crippen LogP contribution in [-0.2, 0) is 27.8 Å². The molecule has 2 saturated heterocycles. The Morgan fingerprint density at radius 2 is 1.86 bits per heavy atom. The van der Waals surface area contributed by atoms with E-state index < -0.39 is 5.54 Å². The summed E-state index contributed by atoms with van der Waals surface area (Å²) in [6.07, 6.45) is 2.12. The van der Waals surface area contributed by atoms with E-state index in [1.807, 2.05) is 24.3 Å². The molecule has 3 amide bonds. The summed E-state index contributed by atoms with van der Waals surface area (Å²) >= 11 is 0. The molecule has 3 heterocycles. The Labute approximate surface area is 215 Å². The predicted octanol–water partition coefficient (Wildman–Crippen LogP) is 0.842. The van der Waals surface area contributed by atoms with Gasteiger partial charge in [-0.05, 0) is 57.8 Å². The Bertz CT molecular complexity index is 1200. The number of nitrogens with one attached hydrogen (secondary N) is 3. The molecule has 2 fully saturated rings. The van der Waals surface area contributed by atoms with E-state index in [1.165, 1.54) is 0 Å². The van der Waals surface area contributed by atoms with Gasteiger partial charge in [0.15, 0.2) is 0 Å². The lowest BCUT2D eigenvalue weighted by atomic mass is 9.86. The molecule has 200 valence electrons. The highest BCUT2D eigenvalue weighted by Gasteiger charge is 2.42. The molecule has 0 aliphatic carbocycles. The van der Waals surface area contributed by atoms with Gasteiger partial charge in [-0.3, -0.25) is 14.4 Å². The van der Waals surface area contributed by atoms with E-state index >= 15 is 0 Å². The zero-order chi connectivity index (χ0) is 26.4. The summed E-state index contributed by atoms with van der Waals surface area (Å²) in [5.41, 5.74) is 0.522. The third-order valence-electron chi connectivity index (χ3n) is 7.27. The molecule has 37 heavy (non-hydrogen) atoms. The molecule has 1 aromatic heterocycles. The maximum absolute atomic E-state index is 13.4. The number of likely N-dealkylation sites (tertiary alicyclic amines) is 1. The van der Waals surface area contributed by atoms with Crippen molar-refractivity contribution in [3.8, 4) is 0 Å². The molecule has 11 nitrogen and oxygen atoms in total. The molecule has 0 atom stereocenters. The standard InChI is InChI=1S/C26H36N6O5/c1-3-37-25(36)32-16-10-18(11-17-32)28-24(35)26(12-14-27-15-13-26)30-22(33)9-8-20-23(34)31(2)21-7-5-4-6-19(21)29-20/h4-7,18,27H,3,8-17H2,1-2H3,(H,28,35)(H,30,33). The number of aromatic nitrogens is 2. The van der Waals surface area contributed by atoms with Gasteiger partial charge in [-0.1, -0.05) is 12.1 Å². The van der Waals surface area contributed by atoms with Gasteiger partial charge in [-0.2, -0.15) is 0 Å². The number of carbonyl (C=O) groups excluding carboxylic acids is 3. The van der Waals surface area contributed by atoms with Crippen molar-refractivity contribution in [2.75, 3.05) is 32.8 Å². The summed E-state index contributed by atoms with van der Waals surface area (Å²) in [6, 6.07) is 7.30. The third kappa shape index (κ3) is 6.10. The summed E-state index contributed by atoms with van der Waals surface area (Å²) in [6.45, 7) is 4.35. The summed E-state index contributed by atoms with van der Waals surface area (Å²) in [5, 5.41) is 9.35. The second-order valence-corrected chi connectivity index (χ2v) is 9.73. The first kappa shape index (κ1) is 26.6. The smallest absolute Gasteiger partial charge is 0.409 e. The van der Waals surface area contributed by atoms with Gasteiger partial charge in [-0.25, -0.2) is 9.78 Å². The van der Waals surface area contributed by atoms with Crippen LogP contribution in [0.15, 0.2) is 29.1 Å². The molecule has 2 aliphatic heterocycles. The number of benzene rings is 1. The topological polar surface area (TPSA) is 135 Å². The number of aryl methyl sites for hydroxylation is 2. The molecule has 0 radical (unpaired) electrons. The van der Waals surface area contributed by atoms with Gasteiger partial charge >= 0.3 is 6.09 Å². The number of rotatable bonds is 7. The van der Waals surface area contributed by atoms with Gasteiger partial charge in [0.2, 0.25) is 11.8 Å². The highest BCUT2D eigenvalue weighted by Crippen LogP contribution is 2.21. The van der Waals surface area contributed by atoms with E-state index in [0.29, 0.717) is 69.7 Å². The van der Waals surface area contributed by atoms with Crippen molar-refractivity contribution in [1.82, 2.24) is 30.4 Å². The summed E-state index contributed by atoms with van der Waals surface area (Å²) < 4.78 is 6.61. The average Bonchev–Trinajstić information content (AvgIpc) is 2.91. The number of carbonyl (C=O) groups is 3. The van der Waals surface area contributed by atoms with Crippen LogP contribution in [0.4, 0.5) is 4.79 Å². The molecule has 3 N–H and O–H groups in total. The normalized spacial score (nSPS) is 17.8. The maximum Gasteiger partial charge on any atom is 0.409 e. The SMILES string of the molecule is CCOC(=O)N1CCC(NC(=O)C2(NC(=O)CCc3nc4ccccc4n(C)c3=O)CCNCC2)CC1. The first-order valence-corrected chi connectivity index (χ1v) is 13.0. The average molecular weight is 513 g/mol. The van der Waals surface area contributed by atoms with Crippen molar-refractivity contribution in [2.45, 2.75) is 57.0 Å². The third-order valence-corrected chi connectivity index (χ3v) is 7.27. The zero-order valence-electron chi connectivity index (χ0n) is 21.5. The number of amides is 3. The van der Waals surface area contributed by atoms with Gasteiger partial charge in [-0.15, -0.1) is 0 Å². The number of piperidine rings is 2. The molecule has 11 heteroatoms. The second-order valence-electron chi connectivity index (χ2n) is 9.73. The van der Waals surface area contributed by atoms with Crippen LogP contribution in [0.25, 0.3) is 11.0 Å². The fourth-order valence-corrected chi connectivity index (χ4v) is 5.07. The predicted molar refractivity (Wildman–Crippen MR) is 138 cm³/mol. The number of ether oxygens (including phenoxy) is 1. The minimum absolute atomic E-state index is 0.0565. The Balaban J connectivity index is 1.37. The van der Waals surface area contributed by atoms with Crippen LogP contribution < -0.4 is 21.5 Å². The monoisotopic (exact) mass is 512 g/mol. The quantitative estimate of drug-likeness (QED) is 0.500. The lowest BCUT2D eigenvalue weighted by Crippen LogP contribution is -2.64. The van der Waals surface area contributed by atoms with Crippen LogP contribution in [0.2, 0.25) is 0 Å². The van der Waals surface area contributed by atoms with Gasteiger partial charge < -0.3 is 30.2 Å². The Morgan fingerprint density at radius 1 is 1.16 bits per heavy atom.